The maximum Gasteiger partial charge on any atom is 0.132 e. The van der Waals surface area contributed by atoms with Crippen molar-refractivity contribution in [1.29, 1.82) is 0 Å². The van der Waals surface area contributed by atoms with Crippen LogP contribution in [0.5, 0.6) is 11.5 Å². The summed E-state index contributed by atoms with van der Waals surface area (Å²) in [5.74, 6) is 1.72. The van der Waals surface area contributed by atoms with Crippen LogP contribution in [0.25, 0.3) is 11.0 Å². The highest BCUT2D eigenvalue weighted by molar-refractivity contribution is 5.74. The van der Waals surface area contributed by atoms with Gasteiger partial charge in [-0.25, -0.2) is 9.97 Å². The van der Waals surface area contributed by atoms with Gasteiger partial charge in [0.2, 0.25) is 0 Å². The van der Waals surface area contributed by atoms with Crippen LogP contribution in [0.1, 0.15) is 28.9 Å². The molecule has 2 N–H and O–H groups in total. The second kappa shape index (κ2) is 10.4. The van der Waals surface area contributed by atoms with Crippen LogP contribution in [0.3, 0.4) is 0 Å². The summed E-state index contributed by atoms with van der Waals surface area (Å²) in [6, 6.07) is 24.2. The molecule has 4 aromatic rings. The number of hydrogen-bond acceptors (Lipinski definition) is 6. The first kappa shape index (κ1) is 21.4. The van der Waals surface area contributed by atoms with Gasteiger partial charge >= 0.3 is 0 Å². The van der Waals surface area contributed by atoms with E-state index < -0.39 is 0 Å². The first-order chi connectivity index (χ1) is 16.4. The molecule has 0 saturated heterocycles. The van der Waals surface area contributed by atoms with E-state index in [-0.39, 0.29) is 0 Å². The molecular weight excluding hydrogens is 412 g/mol. The van der Waals surface area contributed by atoms with Gasteiger partial charge in [-0.15, -0.1) is 0 Å². The highest BCUT2D eigenvalue weighted by Crippen LogP contribution is 2.23. The number of nitrogens with zero attached hydrogens (tertiary/aromatic N) is 2. The number of rotatable bonds is 0. The van der Waals surface area contributed by atoms with Crippen molar-refractivity contribution in [2.75, 3.05) is 13.1 Å². The van der Waals surface area contributed by atoms with E-state index in [1.807, 2.05) is 60.7 Å². The van der Waals surface area contributed by atoms with E-state index in [4.69, 9.17) is 19.4 Å². The Hall–Kier alpha value is -3.48. The van der Waals surface area contributed by atoms with Gasteiger partial charge in [0.15, 0.2) is 0 Å². The van der Waals surface area contributed by atoms with Crippen molar-refractivity contribution >= 4 is 11.0 Å². The Bertz CT molecular complexity index is 1130. The summed E-state index contributed by atoms with van der Waals surface area (Å²) >= 11 is 0. The number of nitrogens with one attached hydrogen (secondary N) is 2. The van der Waals surface area contributed by atoms with Gasteiger partial charge in [0, 0.05) is 24.2 Å². The van der Waals surface area contributed by atoms with Crippen LogP contribution in [0.4, 0.5) is 0 Å². The average molecular weight is 441 g/mol. The van der Waals surface area contributed by atoms with Gasteiger partial charge in [-0.1, -0.05) is 48.5 Å². The third kappa shape index (κ3) is 5.30. The molecule has 1 aromatic heterocycles. The van der Waals surface area contributed by atoms with Crippen LogP contribution >= 0.6 is 0 Å². The lowest BCUT2D eigenvalue weighted by Gasteiger charge is -2.15. The zero-order valence-corrected chi connectivity index (χ0v) is 18.6. The van der Waals surface area contributed by atoms with Crippen LogP contribution in [-0.4, -0.2) is 23.1 Å². The van der Waals surface area contributed by atoms with Gasteiger partial charge in [0.25, 0.3) is 0 Å². The molecule has 0 radical (unpaired) electrons. The van der Waals surface area contributed by atoms with E-state index in [9.17, 15) is 0 Å². The summed E-state index contributed by atoms with van der Waals surface area (Å²) in [5.41, 5.74) is 5.55. The Labute approximate surface area is 194 Å². The maximum absolute atomic E-state index is 6.25. The van der Waals surface area contributed by atoms with E-state index in [0.717, 1.165) is 77.6 Å². The standard InChI is InChI=1S/C27H28N4O2/c1-5-12-26-20(8-1)16-28-14-7-15-29-17-21-9-2-6-13-27(21)33-19-25-24(18-32-26)30-22-10-3-4-11-23(22)31-25/h1-6,8-13,28-29H,7,14-19H2. The SMILES string of the molecule is c1ccc2c(c1)CNCCCNCc1ccccc1OCc1nc3ccccc3nc1CO2. The quantitative estimate of drug-likeness (QED) is 0.423. The van der Waals surface area contributed by atoms with E-state index in [1.165, 1.54) is 0 Å². The molecule has 3 aromatic carbocycles. The van der Waals surface area contributed by atoms with Gasteiger partial charge in [-0.3, -0.25) is 0 Å². The molecule has 0 amide bonds. The molecule has 33 heavy (non-hydrogen) atoms. The largest absolute Gasteiger partial charge is 0.487 e. The molecule has 6 heteroatoms. The molecule has 1 aliphatic rings. The number of para-hydroxylation sites is 4. The van der Waals surface area contributed by atoms with Gasteiger partial charge in [0.1, 0.15) is 36.1 Å². The molecule has 0 fully saturated rings. The van der Waals surface area contributed by atoms with Crippen molar-refractivity contribution < 1.29 is 9.47 Å². The third-order valence-corrected chi connectivity index (χ3v) is 5.74. The summed E-state index contributed by atoms with van der Waals surface area (Å²) < 4.78 is 12.5. The molecule has 0 atom stereocenters. The molecule has 0 saturated carbocycles. The van der Waals surface area contributed by atoms with E-state index >= 15 is 0 Å². The lowest BCUT2D eigenvalue weighted by molar-refractivity contribution is 0.274. The van der Waals surface area contributed by atoms with Crippen molar-refractivity contribution in [3.8, 4) is 11.5 Å². The third-order valence-electron chi connectivity index (χ3n) is 5.74. The Balaban J connectivity index is 1.48. The number of hydrogen-bond donors (Lipinski definition) is 2. The minimum absolute atomic E-state index is 0.330. The van der Waals surface area contributed by atoms with Crippen LogP contribution in [0.2, 0.25) is 0 Å². The number of aromatic nitrogens is 2. The van der Waals surface area contributed by atoms with Gasteiger partial charge in [-0.2, -0.15) is 0 Å². The predicted molar refractivity (Wildman–Crippen MR) is 129 cm³/mol. The fraction of sp³-hybridized carbons (Fsp3) is 0.259. The number of benzene rings is 3. The van der Waals surface area contributed by atoms with Crippen molar-refractivity contribution in [3.63, 3.8) is 0 Å². The lowest BCUT2D eigenvalue weighted by Crippen LogP contribution is -2.22. The Morgan fingerprint density at radius 1 is 0.576 bits per heavy atom. The number of ether oxygens (including phenoxy) is 2. The normalized spacial score (nSPS) is 15.3. The Morgan fingerprint density at radius 3 is 1.55 bits per heavy atom. The van der Waals surface area contributed by atoms with Gasteiger partial charge in [-0.05, 0) is 43.8 Å². The maximum atomic E-state index is 6.25. The van der Waals surface area contributed by atoms with Crippen molar-refractivity contribution in [2.24, 2.45) is 0 Å². The van der Waals surface area contributed by atoms with E-state index in [0.29, 0.717) is 13.2 Å². The fourth-order valence-corrected chi connectivity index (χ4v) is 3.96. The molecule has 0 aliphatic carbocycles. The first-order valence-corrected chi connectivity index (χ1v) is 11.4. The van der Waals surface area contributed by atoms with Crippen molar-refractivity contribution in [3.05, 3.63) is 95.3 Å². The monoisotopic (exact) mass is 440 g/mol. The molecule has 0 spiro atoms. The van der Waals surface area contributed by atoms with Crippen LogP contribution in [0.15, 0.2) is 72.8 Å². The Morgan fingerprint density at radius 2 is 1.03 bits per heavy atom. The summed E-state index contributed by atoms with van der Waals surface area (Å²) in [6.07, 6.45) is 1.04. The molecule has 0 unspecified atom stereocenters. The summed E-state index contributed by atoms with van der Waals surface area (Å²) in [4.78, 5) is 9.74. The van der Waals surface area contributed by atoms with Crippen LogP contribution in [0, 0.1) is 0 Å². The topological polar surface area (TPSA) is 68.3 Å². The number of fused-ring (bicyclic) bond motifs is 4. The second-order valence-corrected chi connectivity index (χ2v) is 8.11. The van der Waals surface area contributed by atoms with Crippen molar-refractivity contribution in [2.45, 2.75) is 32.7 Å². The molecule has 5 rings (SSSR count). The first-order valence-electron chi connectivity index (χ1n) is 11.4. The molecule has 6 nitrogen and oxygen atoms in total. The molecule has 2 heterocycles. The summed E-state index contributed by atoms with van der Waals surface area (Å²) in [5, 5.41) is 7.05. The van der Waals surface area contributed by atoms with E-state index in [2.05, 4.69) is 22.8 Å². The second-order valence-electron chi connectivity index (χ2n) is 8.11. The summed E-state index contributed by atoms with van der Waals surface area (Å²) in [7, 11) is 0. The van der Waals surface area contributed by atoms with E-state index in [1.54, 1.807) is 0 Å². The lowest BCUT2D eigenvalue weighted by atomic mass is 10.2. The predicted octanol–water partition coefficient (Wildman–Crippen LogP) is 4.37. The van der Waals surface area contributed by atoms with Gasteiger partial charge in [0.05, 0.1) is 11.0 Å². The smallest absolute Gasteiger partial charge is 0.132 e. The molecular formula is C27H28N4O2. The molecule has 0 bridgehead atoms. The van der Waals surface area contributed by atoms with Crippen molar-refractivity contribution in [1.82, 2.24) is 20.6 Å². The average Bonchev–Trinajstić information content (AvgIpc) is 2.86. The molecule has 168 valence electrons. The Kier molecular flexibility index (Phi) is 6.75. The highest BCUT2D eigenvalue weighted by atomic mass is 16.5. The summed E-state index contributed by atoms with van der Waals surface area (Å²) in [6.45, 7) is 4.05. The highest BCUT2D eigenvalue weighted by Gasteiger charge is 2.13. The zero-order chi connectivity index (χ0) is 22.3. The fourth-order valence-electron chi connectivity index (χ4n) is 3.96. The zero-order valence-electron chi connectivity index (χ0n) is 18.6. The minimum Gasteiger partial charge on any atom is -0.487 e. The van der Waals surface area contributed by atoms with Crippen LogP contribution in [-0.2, 0) is 26.3 Å². The minimum atomic E-state index is 0.330. The van der Waals surface area contributed by atoms with Crippen LogP contribution < -0.4 is 20.1 Å². The van der Waals surface area contributed by atoms with Gasteiger partial charge < -0.3 is 20.1 Å². The molecule has 1 aliphatic heterocycles.